The molecular formula is C8H17N3O. The highest BCUT2D eigenvalue weighted by Crippen LogP contribution is 2.23. The predicted molar refractivity (Wildman–Crippen MR) is 47.5 cm³/mol. The minimum absolute atomic E-state index is 0.131. The quantitative estimate of drug-likeness (QED) is 0.619. The number of rotatable bonds is 2. The van der Waals surface area contributed by atoms with Crippen molar-refractivity contribution in [2.45, 2.75) is 25.8 Å². The van der Waals surface area contributed by atoms with Crippen LogP contribution in [0.5, 0.6) is 0 Å². The van der Waals surface area contributed by atoms with Crippen molar-refractivity contribution in [2.75, 3.05) is 13.1 Å². The Morgan fingerprint density at radius 3 is 2.42 bits per heavy atom. The van der Waals surface area contributed by atoms with Gasteiger partial charge in [-0.3, -0.25) is 0 Å². The first-order valence-electron chi connectivity index (χ1n) is 4.22. The zero-order valence-electron chi connectivity index (χ0n) is 7.71. The minimum Gasteiger partial charge on any atom is -0.351 e. The highest BCUT2D eigenvalue weighted by Gasteiger charge is 2.32. The van der Waals surface area contributed by atoms with Crippen molar-refractivity contribution in [3.63, 3.8) is 0 Å². The van der Waals surface area contributed by atoms with Gasteiger partial charge in [0, 0.05) is 18.6 Å². The fourth-order valence-corrected chi connectivity index (χ4v) is 1.62. The monoisotopic (exact) mass is 171 g/mol. The summed E-state index contributed by atoms with van der Waals surface area (Å²) in [5, 5.41) is 0. The predicted octanol–water partition coefficient (Wildman–Crippen LogP) is 0.124. The van der Waals surface area contributed by atoms with E-state index >= 15 is 0 Å². The number of hydrogen-bond acceptors (Lipinski definition) is 2. The molecule has 0 radical (unpaired) electrons. The first-order chi connectivity index (χ1) is 5.38. The molecule has 70 valence electrons. The number of urea groups is 1. The number of carbonyl (C=O) groups excluding carboxylic acids is 1. The third-order valence-corrected chi connectivity index (χ3v) is 2.08. The van der Waals surface area contributed by atoms with Crippen LogP contribution in [0.25, 0.3) is 0 Å². The second kappa shape index (κ2) is 2.94. The molecule has 0 aromatic heterocycles. The topological polar surface area (TPSA) is 72.3 Å². The lowest BCUT2D eigenvalue weighted by Crippen LogP contribution is -2.54. The number of amides is 2. The maximum absolute atomic E-state index is 10.6. The summed E-state index contributed by atoms with van der Waals surface area (Å²) in [6.07, 6.45) is 0.955. The van der Waals surface area contributed by atoms with Crippen LogP contribution in [0.4, 0.5) is 4.79 Å². The van der Waals surface area contributed by atoms with E-state index in [2.05, 4.69) is 0 Å². The minimum atomic E-state index is -0.318. The summed E-state index contributed by atoms with van der Waals surface area (Å²) in [5.41, 5.74) is 10.8. The zero-order valence-corrected chi connectivity index (χ0v) is 7.71. The van der Waals surface area contributed by atoms with Gasteiger partial charge in [0.15, 0.2) is 0 Å². The number of likely N-dealkylation sites (tertiary alicyclic amines) is 1. The molecule has 12 heavy (non-hydrogen) atoms. The Morgan fingerprint density at radius 2 is 2.08 bits per heavy atom. The molecule has 0 spiro atoms. The third kappa shape index (κ3) is 2.37. The first-order valence-corrected chi connectivity index (χ1v) is 4.22. The van der Waals surface area contributed by atoms with Crippen molar-refractivity contribution >= 4 is 6.03 Å². The smallest absolute Gasteiger partial charge is 0.314 e. The number of primary amides is 1. The maximum Gasteiger partial charge on any atom is 0.314 e. The van der Waals surface area contributed by atoms with Gasteiger partial charge in [-0.05, 0) is 26.2 Å². The van der Waals surface area contributed by atoms with Gasteiger partial charge >= 0.3 is 6.03 Å². The summed E-state index contributed by atoms with van der Waals surface area (Å²) < 4.78 is 0. The van der Waals surface area contributed by atoms with Gasteiger partial charge in [0.1, 0.15) is 0 Å². The van der Waals surface area contributed by atoms with E-state index in [4.69, 9.17) is 11.5 Å². The largest absolute Gasteiger partial charge is 0.351 e. The Kier molecular flexibility index (Phi) is 2.28. The molecule has 0 aliphatic carbocycles. The molecular weight excluding hydrogens is 154 g/mol. The fraction of sp³-hybridized carbons (Fsp3) is 0.875. The highest BCUT2D eigenvalue weighted by atomic mass is 16.2. The molecule has 4 N–H and O–H groups in total. The summed E-state index contributed by atoms with van der Waals surface area (Å²) in [6.45, 7) is 5.55. The van der Waals surface area contributed by atoms with E-state index in [0.717, 1.165) is 19.5 Å². The molecule has 1 aliphatic rings. The molecule has 4 nitrogen and oxygen atoms in total. The standard InChI is InChI=1S/C8H17N3O/c1-8(2,10)3-6-4-11(5-6)7(9)12/h6H,3-5,10H2,1-2H3,(H2,9,12). The summed E-state index contributed by atoms with van der Waals surface area (Å²) >= 11 is 0. The molecule has 0 atom stereocenters. The first kappa shape index (κ1) is 9.32. The van der Waals surface area contributed by atoms with Gasteiger partial charge in [-0.25, -0.2) is 4.79 Å². The number of nitrogens with two attached hydrogens (primary N) is 2. The molecule has 0 aromatic rings. The van der Waals surface area contributed by atoms with Crippen LogP contribution >= 0.6 is 0 Å². The van der Waals surface area contributed by atoms with Crippen LogP contribution in [-0.2, 0) is 0 Å². The number of hydrogen-bond donors (Lipinski definition) is 2. The van der Waals surface area contributed by atoms with E-state index in [0.29, 0.717) is 5.92 Å². The third-order valence-electron chi connectivity index (χ3n) is 2.08. The van der Waals surface area contributed by atoms with Crippen molar-refractivity contribution in [3.8, 4) is 0 Å². The lowest BCUT2D eigenvalue weighted by atomic mass is 9.86. The molecule has 1 fully saturated rings. The van der Waals surface area contributed by atoms with E-state index in [1.54, 1.807) is 4.90 Å². The second-order valence-electron chi connectivity index (χ2n) is 4.30. The van der Waals surface area contributed by atoms with Crippen LogP contribution in [0.2, 0.25) is 0 Å². The SMILES string of the molecule is CC(C)(N)CC1CN(C(N)=O)C1. The molecule has 1 rings (SSSR count). The van der Waals surface area contributed by atoms with Crippen LogP contribution in [0.15, 0.2) is 0 Å². The summed E-state index contributed by atoms with van der Waals surface area (Å²) in [5.74, 6) is 0.539. The van der Waals surface area contributed by atoms with Crippen LogP contribution in [0.1, 0.15) is 20.3 Å². The average Bonchev–Trinajstić information content (AvgIpc) is 1.74. The average molecular weight is 171 g/mol. The fourth-order valence-electron chi connectivity index (χ4n) is 1.62. The van der Waals surface area contributed by atoms with Gasteiger partial charge in [0.2, 0.25) is 0 Å². The molecule has 0 bridgehead atoms. The Labute approximate surface area is 72.9 Å². The highest BCUT2D eigenvalue weighted by molar-refractivity contribution is 5.72. The molecule has 1 heterocycles. The molecule has 0 unspecified atom stereocenters. The van der Waals surface area contributed by atoms with Crippen LogP contribution in [0, 0.1) is 5.92 Å². The van der Waals surface area contributed by atoms with Crippen molar-refractivity contribution in [2.24, 2.45) is 17.4 Å². The van der Waals surface area contributed by atoms with Gasteiger partial charge in [0.05, 0.1) is 0 Å². The van der Waals surface area contributed by atoms with Gasteiger partial charge in [-0.15, -0.1) is 0 Å². The van der Waals surface area contributed by atoms with Crippen molar-refractivity contribution in [1.29, 1.82) is 0 Å². The van der Waals surface area contributed by atoms with Gasteiger partial charge in [-0.2, -0.15) is 0 Å². The van der Waals surface area contributed by atoms with E-state index in [9.17, 15) is 4.79 Å². The summed E-state index contributed by atoms with van der Waals surface area (Å²) in [4.78, 5) is 12.2. The van der Waals surface area contributed by atoms with Gasteiger partial charge in [-0.1, -0.05) is 0 Å². The molecule has 2 amide bonds. The summed E-state index contributed by atoms with van der Waals surface area (Å²) in [7, 11) is 0. The van der Waals surface area contributed by atoms with Crippen LogP contribution in [0.3, 0.4) is 0 Å². The Balaban J connectivity index is 2.22. The molecule has 1 aliphatic heterocycles. The number of carbonyl (C=O) groups is 1. The Hall–Kier alpha value is -0.770. The molecule has 0 saturated carbocycles. The van der Waals surface area contributed by atoms with Crippen LogP contribution < -0.4 is 11.5 Å². The molecule has 1 saturated heterocycles. The maximum atomic E-state index is 10.6. The van der Waals surface area contributed by atoms with Gasteiger partial charge in [0.25, 0.3) is 0 Å². The van der Waals surface area contributed by atoms with Crippen molar-refractivity contribution in [3.05, 3.63) is 0 Å². The van der Waals surface area contributed by atoms with E-state index in [-0.39, 0.29) is 11.6 Å². The summed E-state index contributed by atoms with van der Waals surface area (Å²) in [6, 6.07) is -0.318. The van der Waals surface area contributed by atoms with E-state index in [1.165, 1.54) is 0 Å². The Bertz CT molecular complexity index is 179. The molecule has 0 aromatic carbocycles. The zero-order chi connectivity index (χ0) is 9.35. The van der Waals surface area contributed by atoms with Crippen LogP contribution in [-0.4, -0.2) is 29.6 Å². The lowest BCUT2D eigenvalue weighted by molar-refractivity contribution is 0.110. The lowest BCUT2D eigenvalue weighted by Gasteiger charge is -2.40. The second-order valence-corrected chi connectivity index (χ2v) is 4.30. The molecule has 4 heteroatoms. The van der Waals surface area contributed by atoms with E-state index < -0.39 is 0 Å². The van der Waals surface area contributed by atoms with E-state index in [1.807, 2.05) is 13.8 Å². The van der Waals surface area contributed by atoms with Crippen molar-refractivity contribution < 1.29 is 4.79 Å². The van der Waals surface area contributed by atoms with Crippen molar-refractivity contribution in [1.82, 2.24) is 4.90 Å². The number of nitrogens with zero attached hydrogens (tertiary/aromatic N) is 1. The normalized spacial score (nSPS) is 19.1. The Morgan fingerprint density at radius 1 is 1.58 bits per heavy atom. The van der Waals surface area contributed by atoms with Gasteiger partial charge < -0.3 is 16.4 Å².